The predicted octanol–water partition coefficient (Wildman–Crippen LogP) is 2.55. The van der Waals surface area contributed by atoms with E-state index in [0.29, 0.717) is 11.5 Å². The van der Waals surface area contributed by atoms with Gasteiger partial charge in [-0.3, -0.25) is 0 Å². The topological polar surface area (TPSA) is 64.6 Å². The van der Waals surface area contributed by atoms with Crippen molar-refractivity contribution in [2.24, 2.45) is 0 Å². The fraction of sp³-hybridized carbons (Fsp3) is 0.667. The van der Waals surface area contributed by atoms with Gasteiger partial charge in [-0.15, -0.1) is 0 Å². The molecule has 1 N–H and O–H groups in total. The van der Waals surface area contributed by atoms with Gasteiger partial charge in [0, 0.05) is 25.3 Å². The number of benzene rings is 1. The first-order valence-electron chi connectivity index (χ1n) is 8.92. The number of rotatable bonds is 3. The summed E-state index contributed by atoms with van der Waals surface area (Å²) in [7, 11) is -3.35. The van der Waals surface area contributed by atoms with Gasteiger partial charge in [0.1, 0.15) is 0 Å². The van der Waals surface area contributed by atoms with E-state index in [-0.39, 0.29) is 17.5 Å². The summed E-state index contributed by atoms with van der Waals surface area (Å²) in [5.41, 5.74) is 1.67. The van der Waals surface area contributed by atoms with Crippen LogP contribution in [0.25, 0.3) is 0 Å². The number of anilines is 1. The maximum Gasteiger partial charge on any atom is 0.181 e. The van der Waals surface area contributed by atoms with Crippen molar-refractivity contribution in [3.63, 3.8) is 0 Å². The molecular formula is C18H25NO4S. The lowest BCUT2D eigenvalue weighted by molar-refractivity contribution is -0.119. The Labute approximate surface area is 143 Å². The van der Waals surface area contributed by atoms with Crippen molar-refractivity contribution in [3.8, 4) is 0 Å². The molecule has 2 unspecified atom stereocenters. The largest absolute Gasteiger partial charge is 0.385 e. The van der Waals surface area contributed by atoms with Gasteiger partial charge in [0.05, 0.1) is 29.0 Å². The molecule has 0 bridgehead atoms. The summed E-state index contributed by atoms with van der Waals surface area (Å²) in [6.07, 6.45) is 5.26. The van der Waals surface area contributed by atoms with Crippen molar-refractivity contribution < 1.29 is 17.9 Å². The molecule has 0 aromatic heterocycles. The van der Waals surface area contributed by atoms with Crippen molar-refractivity contribution in [2.45, 2.75) is 55.1 Å². The van der Waals surface area contributed by atoms with Crippen LogP contribution in [0.5, 0.6) is 0 Å². The Morgan fingerprint density at radius 3 is 3.00 bits per heavy atom. The Kier molecular flexibility index (Phi) is 4.31. The third-order valence-corrected chi connectivity index (χ3v) is 7.30. The molecule has 3 heterocycles. The van der Waals surface area contributed by atoms with Crippen molar-refractivity contribution in [3.05, 3.63) is 23.8 Å². The second-order valence-corrected chi connectivity index (χ2v) is 9.21. The minimum Gasteiger partial charge on any atom is -0.385 e. The summed E-state index contributed by atoms with van der Waals surface area (Å²) in [5.74, 6) is 0.0746. The lowest BCUT2D eigenvalue weighted by Crippen LogP contribution is -2.43. The van der Waals surface area contributed by atoms with E-state index in [1.807, 2.05) is 12.1 Å². The first kappa shape index (κ1) is 16.4. The first-order valence-corrected chi connectivity index (χ1v) is 10.6. The van der Waals surface area contributed by atoms with E-state index in [4.69, 9.17) is 9.47 Å². The molecule has 2 fully saturated rings. The molecule has 24 heavy (non-hydrogen) atoms. The van der Waals surface area contributed by atoms with E-state index in [1.165, 1.54) is 0 Å². The average molecular weight is 351 g/mol. The van der Waals surface area contributed by atoms with Crippen LogP contribution in [-0.4, -0.2) is 45.6 Å². The van der Waals surface area contributed by atoms with E-state index in [9.17, 15) is 8.42 Å². The van der Waals surface area contributed by atoms with Crippen molar-refractivity contribution in [1.29, 1.82) is 0 Å². The lowest BCUT2D eigenvalue weighted by atomic mass is 9.91. The van der Waals surface area contributed by atoms with Crippen molar-refractivity contribution >= 4 is 15.5 Å². The number of hydrogen-bond acceptors (Lipinski definition) is 5. The van der Waals surface area contributed by atoms with E-state index in [2.05, 4.69) is 5.32 Å². The second-order valence-electron chi connectivity index (χ2n) is 7.21. The molecule has 0 radical (unpaired) electrons. The zero-order valence-corrected chi connectivity index (χ0v) is 14.7. The average Bonchev–Trinajstić information content (AvgIpc) is 3.01. The minimum absolute atomic E-state index is 0.0746. The molecule has 4 rings (SSSR count). The van der Waals surface area contributed by atoms with Crippen LogP contribution in [0, 0.1) is 0 Å². The lowest BCUT2D eigenvalue weighted by Gasteiger charge is -2.37. The van der Waals surface area contributed by atoms with Gasteiger partial charge in [-0.05, 0) is 49.8 Å². The van der Waals surface area contributed by atoms with E-state index in [1.54, 1.807) is 6.07 Å². The highest BCUT2D eigenvalue weighted by Gasteiger charge is 2.42. The molecule has 1 spiro atoms. The zero-order valence-electron chi connectivity index (χ0n) is 13.9. The van der Waals surface area contributed by atoms with E-state index >= 15 is 0 Å². The third kappa shape index (κ3) is 3.07. The molecule has 0 aliphatic carbocycles. The number of ether oxygens (including phenoxy) is 2. The summed E-state index contributed by atoms with van der Waals surface area (Å²) in [6.45, 7) is 2.23. The van der Waals surface area contributed by atoms with Gasteiger partial charge in [0.25, 0.3) is 0 Å². The van der Waals surface area contributed by atoms with Crippen LogP contribution in [0.1, 0.15) is 37.7 Å². The highest BCUT2D eigenvalue weighted by Crippen LogP contribution is 2.37. The SMILES string of the molecule is O=S(=O)(CC1CCCC2(CCOC2)O1)c1cccc2c1CCCN2. The molecule has 132 valence electrons. The van der Waals surface area contributed by atoms with Crippen molar-refractivity contribution in [1.82, 2.24) is 0 Å². The third-order valence-electron chi connectivity index (χ3n) is 5.43. The number of sulfone groups is 1. The maximum atomic E-state index is 13.0. The van der Waals surface area contributed by atoms with Gasteiger partial charge in [-0.2, -0.15) is 0 Å². The molecule has 2 atom stereocenters. The van der Waals surface area contributed by atoms with Crippen LogP contribution < -0.4 is 5.32 Å². The van der Waals surface area contributed by atoms with E-state index in [0.717, 1.165) is 62.9 Å². The van der Waals surface area contributed by atoms with Crippen LogP contribution in [0.15, 0.2) is 23.1 Å². The molecule has 5 nitrogen and oxygen atoms in total. The summed E-state index contributed by atoms with van der Waals surface area (Å²) < 4.78 is 37.8. The Balaban J connectivity index is 1.55. The Bertz CT molecular complexity index is 710. The van der Waals surface area contributed by atoms with Crippen LogP contribution in [-0.2, 0) is 25.7 Å². The van der Waals surface area contributed by atoms with Crippen LogP contribution in [0.3, 0.4) is 0 Å². The molecule has 0 amide bonds. The second kappa shape index (κ2) is 6.32. The zero-order chi connectivity index (χ0) is 16.6. The Morgan fingerprint density at radius 1 is 1.25 bits per heavy atom. The molecule has 0 saturated carbocycles. The van der Waals surface area contributed by atoms with Gasteiger partial charge < -0.3 is 14.8 Å². The number of fused-ring (bicyclic) bond motifs is 1. The summed E-state index contributed by atoms with van der Waals surface area (Å²) in [6, 6.07) is 5.55. The highest BCUT2D eigenvalue weighted by atomic mass is 32.2. The van der Waals surface area contributed by atoms with Crippen LogP contribution in [0.4, 0.5) is 5.69 Å². The smallest absolute Gasteiger partial charge is 0.181 e. The quantitative estimate of drug-likeness (QED) is 0.907. The summed E-state index contributed by atoms with van der Waals surface area (Å²) in [5, 5.41) is 3.31. The molecular weight excluding hydrogens is 326 g/mol. The van der Waals surface area contributed by atoms with Crippen molar-refractivity contribution in [2.75, 3.05) is 30.8 Å². The van der Waals surface area contributed by atoms with Gasteiger partial charge in [-0.25, -0.2) is 8.42 Å². The fourth-order valence-corrected chi connectivity index (χ4v) is 6.00. The Morgan fingerprint density at radius 2 is 2.17 bits per heavy atom. The summed E-state index contributed by atoms with van der Waals surface area (Å²) >= 11 is 0. The fourth-order valence-electron chi connectivity index (χ4n) is 4.22. The van der Waals surface area contributed by atoms with E-state index < -0.39 is 9.84 Å². The molecule has 6 heteroatoms. The number of hydrogen-bond donors (Lipinski definition) is 1. The molecule has 1 aromatic rings. The maximum absolute atomic E-state index is 13.0. The van der Waals surface area contributed by atoms with Gasteiger partial charge in [0.2, 0.25) is 0 Å². The molecule has 3 aliphatic heterocycles. The van der Waals surface area contributed by atoms with Gasteiger partial charge in [-0.1, -0.05) is 6.07 Å². The highest BCUT2D eigenvalue weighted by molar-refractivity contribution is 7.91. The molecule has 3 aliphatic rings. The first-order chi connectivity index (χ1) is 11.6. The normalized spacial score (nSPS) is 30.1. The standard InChI is InChI=1S/C18H25NO4S/c20-24(21,17-7-1-6-16-15(17)5-3-10-19-16)12-14-4-2-8-18(23-14)9-11-22-13-18/h1,6-7,14,19H,2-5,8-13H2. The van der Waals surface area contributed by atoms with Crippen LogP contribution in [0.2, 0.25) is 0 Å². The van der Waals surface area contributed by atoms with Gasteiger partial charge >= 0.3 is 0 Å². The number of nitrogens with one attached hydrogen (secondary N) is 1. The molecule has 1 aromatic carbocycles. The van der Waals surface area contributed by atoms with Crippen LogP contribution >= 0.6 is 0 Å². The Hall–Kier alpha value is -1.11. The molecule has 2 saturated heterocycles. The predicted molar refractivity (Wildman–Crippen MR) is 92.2 cm³/mol. The summed E-state index contributed by atoms with van der Waals surface area (Å²) in [4.78, 5) is 0.484. The monoisotopic (exact) mass is 351 g/mol. The van der Waals surface area contributed by atoms with Gasteiger partial charge in [0.15, 0.2) is 9.84 Å². The minimum atomic E-state index is -3.35.